The molecule has 0 radical (unpaired) electrons. The van der Waals surface area contributed by atoms with Crippen LogP contribution in [0.25, 0.3) is 0 Å². The van der Waals surface area contributed by atoms with Gasteiger partial charge in [0.2, 0.25) is 5.91 Å². The molecule has 1 aromatic rings. The predicted molar refractivity (Wildman–Crippen MR) is 124 cm³/mol. The Kier molecular flexibility index (Phi) is 6.31. The van der Waals surface area contributed by atoms with Crippen LogP contribution >= 0.6 is 23.4 Å². The van der Waals surface area contributed by atoms with E-state index in [1.807, 2.05) is 19.1 Å². The van der Waals surface area contributed by atoms with E-state index in [9.17, 15) is 24.6 Å². The van der Waals surface area contributed by atoms with Crippen LogP contribution in [0.3, 0.4) is 0 Å². The standard InChI is InChI=1S/C23H27ClN2O5S/c1-3-10-25(18-13(2)6-4-7-14(18)24)21(29)19-23-9-8-15(32-23)16(22(30)31)17(23)20(28)26(19)11-5-12-27/h3-4,6-7,15-17,19,27H,1,5,8-12H2,2H3,(H,30,31)/t15-,16+,17-,19?,23?/m0/s1. The number of hydrogen-bond acceptors (Lipinski definition) is 5. The molecule has 0 aliphatic carbocycles. The Hall–Kier alpha value is -2.03. The number of aliphatic hydroxyl groups excluding tert-OH is 1. The van der Waals surface area contributed by atoms with Crippen molar-refractivity contribution in [3.63, 3.8) is 0 Å². The average molecular weight is 479 g/mol. The fourth-order valence-electron chi connectivity index (χ4n) is 5.73. The first-order valence-electron chi connectivity index (χ1n) is 10.8. The summed E-state index contributed by atoms with van der Waals surface area (Å²) in [5, 5.41) is 19.5. The number of carbonyl (C=O) groups excluding carboxylic acids is 2. The van der Waals surface area contributed by atoms with Crippen molar-refractivity contribution in [1.29, 1.82) is 0 Å². The van der Waals surface area contributed by atoms with Gasteiger partial charge >= 0.3 is 5.97 Å². The molecule has 3 saturated heterocycles. The number of fused-ring (bicyclic) bond motifs is 1. The third-order valence-electron chi connectivity index (χ3n) is 6.91. The van der Waals surface area contributed by atoms with Crippen molar-refractivity contribution >= 4 is 46.8 Å². The lowest BCUT2D eigenvalue weighted by molar-refractivity contribution is -0.148. The number of carboxylic acid groups (broad SMARTS) is 1. The zero-order valence-electron chi connectivity index (χ0n) is 17.9. The molecule has 32 heavy (non-hydrogen) atoms. The van der Waals surface area contributed by atoms with Gasteiger partial charge in [0, 0.05) is 24.9 Å². The summed E-state index contributed by atoms with van der Waals surface area (Å²) in [6.45, 7) is 5.94. The van der Waals surface area contributed by atoms with Gasteiger partial charge in [0.15, 0.2) is 0 Å². The van der Waals surface area contributed by atoms with Gasteiger partial charge in [-0.1, -0.05) is 29.8 Å². The molecule has 2 amide bonds. The normalized spacial score (nSPS) is 30.5. The number of para-hydroxylation sites is 1. The highest BCUT2D eigenvalue weighted by Gasteiger charge is 2.74. The number of aryl methyl sites for hydroxylation is 1. The number of aliphatic hydroxyl groups is 1. The Morgan fingerprint density at radius 1 is 1.44 bits per heavy atom. The molecule has 9 heteroatoms. The number of halogens is 1. The zero-order valence-corrected chi connectivity index (χ0v) is 19.4. The van der Waals surface area contributed by atoms with E-state index < -0.39 is 28.6 Å². The number of carbonyl (C=O) groups is 3. The van der Waals surface area contributed by atoms with Gasteiger partial charge in [0.25, 0.3) is 5.91 Å². The summed E-state index contributed by atoms with van der Waals surface area (Å²) in [6, 6.07) is 4.58. The first kappa shape index (κ1) is 23.1. The molecular weight excluding hydrogens is 452 g/mol. The van der Waals surface area contributed by atoms with Gasteiger partial charge in [-0.15, -0.1) is 18.3 Å². The number of benzene rings is 1. The monoisotopic (exact) mass is 478 g/mol. The van der Waals surface area contributed by atoms with Gasteiger partial charge in [-0.05, 0) is 37.8 Å². The molecule has 4 rings (SSSR count). The Morgan fingerprint density at radius 3 is 2.81 bits per heavy atom. The number of aliphatic carboxylic acids is 1. The fourth-order valence-corrected chi connectivity index (χ4v) is 8.26. The van der Waals surface area contributed by atoms with Crippen molar-refractivity contribution in [3.05, 3.63) is 41.4 Å². The van der Waals surface area contributed by atoms with E-state index in [1.165, 1.54) is 16.7 Å². The van der Waals surface area contributed by atoms with E-state index >= 15 is 0 Å². The van der Waals surface area contributed by atoms with Gasteiger partial charge in [0.1, 0.15) is 6.04 Å². The number of amides is 2. The zero-order chi connectivity index (χ0) is 23.2. The molecule has 3 aliphatic heterocycles. The van der Waals surface area contributed by atoms with Crippen LogP contribution in [-0.4, -0.2) is 68.6 Å². The van der Waals surface area contributed by atoms with Gasteiger partial charge in [-0.3, -0.25) is 14.4 Å². The molecule has 3 fully saturated rings. The van der Waals surface area contributed by atoms with Crippen molar-refractivity contribution in [2.24, 2.45) is 11.8 Å². The van der Waals surface area contributed by atoms with Gasteiger partial charge in [-0.2, -0.15) is 0 Å². The first-order chi connectivity index (χ1) is 15.3. The minimum atomic E-state index is -0.984. The quantitative estimate of drug-likeness (QED) is 0.557. The van der Waals surface area contributed by atoms with Crippen LogP contribution in [0.5, 0.6) is 0 Å². The maximum absolute atomic E-state index is 14.2. The van der Waals surface area contributed by atoms with E-state index in [0.717, 1.165) is 5.56 Å². The number of nitrogens with zero attached hydrogens (tertiary/aromatic N) is 2. The second kappa shape index (κ2) is 8.72. The Morgan fingerprint density at radius 2 is 2.19 bits per heavy atom. The Bertz CT molecular complexity index is 951. The average Bonchev–Trinajstić information content (AvgIpc) is 3.38. The van der Waals surface area contributed by atoms with Gasteiger partial charge in [0.05, 0.1) is 27.3 Å². The third-order valence-corrected chi connectivity index (χ3v) is 9.17. The number of carboxylic acids is 1. The van der Waals surface area contributed by atoms with E-state index in [2.05, 4.69) is 6.58 Å². The molecule has 1 spiro atoms. The number of hydrogen-bond donors (Lipinski definition) is 2. The SMILES string of the molecule is C=CCN(C(=O)C1N(CCCO)C(=O)[C@@H]2[C@H](C(=O)O)[C@@H]3CCC12S3)c1c(C)cccc1Cl. The highest BCUT2D eigenvalue weighted by Crippen LogP contribution is 2.66. The maximum atomic E-state index is 14.2. The summed E-state index contributed by atoms with van der Waals surface area (Å²) in [5.74, 6) is -3.11. The number of likely N-dealkylation sites (tertiary alicyclic amines) is 1. The van der Waals surface area contributed by atoms with Gasteiger partial charge in [-0.25, -0.2) is 0 Å². The minimum Gasteiger partial charge on any atom is -0.481 e. The predicted octanol–water partition coefficient (Wildman–Crippen LogP) is 2.73. The third kappa shape index (κ3) is 3.35. The first-order valence-corrected chi connectivity index (χ1v) is 12.0. The summed E-state index contributed by atoms with van der Waals surface area (Å²) in [7, 11) is 0. The van der Waals surface area contributed by atoms with Crippen LogP contribution in [0, 0.1) is 18.8 Å². The minimum absolute atomic E-state index is 0.125. The molecule has 2 bridgehead atoms. The lowest BCUT2D eigenvalue weighted by atomic mass is 9.71. The number of thioether (sulfide) groups is 1. The van der Waals surface area contributed by atoms with E-state index in [1.54, 1.807) is 17.0 Å². The molecule has 172 valence electrons. The van der Waals surface area contributed by atoms with Crippen molar-refractivity contribution < 1.29 is 24.6 Å². The summed E-state index contributed by atoms with van der Waals surface area (Å²) in [5.41, 5.74) is 1.39. The Labute approximate surface area is 196 Å². The molecule has 1 aromatic carbocycles. The molecule has 2 unspecified atom stereocenters. The lowest BCUT2D eigenvalue weighted by Gasteiger charge is -2.37. The fraction of sp³-hybridized carbons (Fsp3) is 0.522. The molecule has 0 saturated carbocycles. The van der Waals surface area contributed by atoms with Crippen molar-refractivity contribution in [2.75, 3.05) is 24.6 Å². The van der Waals surface area contributed by atoms with Crippen LogP contribution in [0.1, 0.15) is 24.8 Å². The summed E-state index contributed by atoms with van der Waals surface area (Å²) in [4.78, 5) is 42.8. The molecule has 3 aliphatic rings. The van der Waals surface area contributed by atoms with Crippen molar-refractivity contribution in [3.8, 4) is 0 Å². The topological polar surface area (TPSA) is 98.2 Å². The number of rotatable bonds is 8. The number of anilines is 1. The summed E-state index contributed by atoms with van der Waals surface area (Å²) < 4.78 is -0.786. The smallest absolute Gasteiger partial charge is 0.308 e. The van der Waals surface area contributed by atoms with Crippen LogP contribution < -0.4 is 4.90 Å². The maximum Gasteiger partial charge on any atom is 0.308 e. The van der Waals surface area contributed by atoms with Crippen LogP contribution in [0.15, 0.2) is 30.9 Å². The second-order valence-corrected chi connectivity index (χ2v) is 10.7. The lowest BCUT2D eigenvalue weighted by Crippen LogP contribution is -2.55. The van der Waals surface area contributed by atoms with Crippen LogP contribution in [0.4, 0.5) is 5.69 Å². The second-order valence-electron chi connectivity index (χ2n) is 8.65. The summed E-state index contributed by atoms with van der Waals surface area (Å²) >= 11 is 7.98. The van der Waals surface area contributed by atoms with Crippen molar-refractivity contribution in [1.82, 2.24) is 4.90 Å². The highest BCUT2D eigenvalue weighted by molar-refractivity contribution is 8.02. The highest BCUT2D eigenvalue weighted by atomic mass is 35.5. The largest absolute Gasteiger partial charge is 0.481 e. The molecule has 7 nitrogen and oxygen atoms in total. The van der Waals surface area contributed by atoms with Gasteiger partial charge < -0.3 is 20.0 Å². The van der Waals surface area contributed by atoms with Crippen molar-refractivity contribution in [2.45, 2.75) is 42.2 Å². The van der Waals surface area contributed by atoms with Crippen LogP contribution in [-0.2, 0) is 14.4 Å². The molecule has 5 atom stereocenters. The van der Waals surface area contributed by atoms with E-state index in [4.69, 9.17) is 11.6 Å². The Balaban J connectivity index is 1.81. The van der Waals surface area contributed by atoms with Crippen LogP contribution in [0.2, 0.25) is 5.02 Å². The van der Waals surface area contributed by atoms with E-state index in [-0.39, 0.29) is 36.8 Å². The van der Waals surface area contributed by atoms with E-state index in [0.29, 0.717) is 30.0 Å². The molecule has 3 heterocycles. The summed E-state index contributed by atoms with van der Waals surface area (Å²) in [6.07, 6.45) is 3.20. The molecule has 2 N–H and O–H groups in total. The molecular formula is C23H27ClN2O5S. The molecule has 0 aromatic heterocycles.